The number of para-hydroxylation sites is 1. The molecule has 0 radical (unpaired) electrons. The van der Waals surface area contributed by atoms with Crippen LogP contribution in [0.1, 0.15) is 30.6 Å². The molecule has 3 rings (SSSR count). The zero-order valence-corrected chi connectivity index (χ0v) is 12.8. The standard InChI is InChI=1S/C17H20N2O3/c1-11(2)19(13-7-8-22-10-13)17(21)14-9-12-5-3-4-6-15(12)18-16(14)20/h3-6,9,11,13H,7-8,10H2,1-2H3,(H,18,20). The number of nitrogens with one attached hydrogen (secondary N) is 1. The van der Waals surface area contributed by atoms with Crippen molar-refractivity contribution in [3.05, 3.63) is 46.2 Å². The van der Waals surface area contributed by atoms with Crippen LogP contribution in [-0.2, 0) is 4.74 Å². The van der Waals surface area contributed by atoms with Gasteiger partial charge in [-0.05, 0) is 37.8 Å². The zero-order valence-electron chi connectivity index (χ0n) is 12.8. The smallest absolute Gasteiger partial charge is 0.261 e. The summed E-state index contributed by atoms with van der Waals surface area (Å²) in [5.41, 5.74) is 0.594. The second-order valence-electron chi connectivity index (χ2n) is 5.92. The van der Waals surface area contributed by atoms with E-state index in [0.29, 0.717) is 13.2 Å². The highest BCUT2D eigenvalue weighted by Crippen LogP contribution is 2.19. The highest BCUT2D eigenvalue weighted by atomic mass is 16.5. The number of aromatic nitrogens is 1. The molecule has 5 heteroatoms. The van der Waals surface area contributed by atoms with Crippen molar-refractivity contribution in [2.75, 3.05) is 13.2 Å². The Morgan fingerprint density at radius 3 is 2.82 bits per heavy atom. The Morgan fingerprint density at radius 2 is 2.14 bits per heavy atom. The van der Waals surface area contributed by atoms with E-state index in [4.69, 9.17) is 4.74 Å². The minimum Gasteiger partial charge on any atom is -0.379 e. The van der Waals surface area contributed by atoms with Gasteiger partial charge in [0.15, 0.2) is 0 Å². The molecule has 1 fully saturated rings. The summed E-state index contributed by atoms with van der Waals surface area (Å²) < 4.78 is 5.39. The SMILES string of the molecule is CC(C)N(C(=O)c1cc2ccccc2[nH]c1=O)C1CCOC1. The van der Waals surface area contributed by atoms with Gasteiger partial charge in [0.1, 0.15) is 5.56 Å². The first kappa shape index (κ1) is 14.8. The topological polar surface area (TPSA) is 62.4 Å². The van der Waals surface area contributed by atoms with Crippen LogP contribution in [0.15, 0.2) is 35.1 Å². The third-order valence-corrected chi connectivity index (χ3v) is 4.07. The van der Waals surface area contributed by atoms with Gasteiger partial charge in [-0.3, -0.25) is 9.59 Å². The molecule has 2 aromatic rings. The lowest BCUT2D eigenvalue weighted by atomic mass is 10.1. The molecule has 2 heterocycles. The maximum atomic E-state index is 12.9. The Hall–Kier alpha value is -2.14. The fourth-order valence-corrected chi connectivity index (χ4v) is 3.01. The van der Waals surface area contributed by atoms with Crippen LogP contribution < -0.4 is 5.56 Å². The molecule has 1 aliphatic heterocycles. The molecule has 1 amide bonds. The van der Waals surface area contributed by atoms with E-state index in [1.165, 1.54) is 0 Å². The lowest BCUT2D eigenvalue weighted by Gasteiger charge is -2.31. The number of ether oxygens (including phenoxy) is 1. The van der Waals surface area contributed by atoms with E-state index >= 15 is 0 Å². The molecule has 1 N–H and O–H groups in total. The first-order valence-electron chi connectivity index (χ1n) is 7.60. The van der Waals surface area contributed by atoms with Crippen LogP contribution in [0.3, 0.4) is 0 Å². The van der Waals surface area contributed by atoms with Crippen molar-refractivity contribution in [2.24, 2.45) is 0 Å². The van der Waals surface area contributed by atoms with E-state index in [1.807, 2.05) is 38.1 Å². The zero-order chi connectivity index (χ0) is 15.7. The van der Waals surface area contributed by atoms with Gasteiger partial charge in [-0.1, -0.05) is 18.2 Å². The molecule has 0 bridgehead atoms. The predicted octanol–water partition coefficient (Wildman–Crippen LogP) is 2.17. The number of hydrogen-bond acceptors (Lipinski definition) is 3. The van der Waals surface area contributed by atoms with Crippen LogP contribution in [0.5, 0.6) is 0 Å². The van der Waals surface area contributed by atoms with Crippen molar-refractivity contribution in [1.29, 1.82) is 0 Å². The number of fused-ring (bicyclic) bond motifs is 1. The highest BCUT2D eigenvalue weighted by Gasteiger charge is 2.31. The van der Waals surface area contributed by atoms with Crippen molar-refractivity contribution in [3.8, 4) is 0 Å². The fraction of sp³-hybridized carbons (Fsp3) is 0.412. The first-order valence-corrected chi connectivity index (χ1v) is 7.60. The Labute approximate surface area is 128 Å². The molecule has 1 atom stereocenters. The Bertz CT molecular complexity index is 745. The fourth-order valence-electron chi connectivity index (χ4n) is 3.01. The van der Waals surface area contributed by atoms with Gasteiger partial charge in [0.2, 0.25) is 0 Å². The van der Waals surface area contributed by atoms with Gasteiger partial charge in [-0.15, -0.1) is 0 Å². The minimum atomic E-state index is -0.340. The number of nitrogens with zero attached hydrogens (tertiary/aromatic N) is 1. The predicted molar refractivity (Wildman–Crippen MR) is 85.1 cm³/mol. The summed E-state index contributed by atoms with van der Waals surface area (Å²) in [6.07, 6.45) is 0.815. The van der Waals surface area contributed by atoms with Gasteiger partial charge in [-0.25, -0.2) is 0 Å². The number of hydrogen-bond donors (Lipinski definition) is 1. The molecular weight excluding hydrogens is 280 g/mol. The maximum absolute atomic E-state index is 12.9. The molecule has 1 unspecified atom stereocenters. The van der Waals surface area contributed by atoms with E-state index in [9.17, 15) is 9.59 Å². The molecule has 22 heavy (non-hydrogen) atoms. The number of carbonyl (C=O) groups is 1. The number of pyridine rings is 1. The second-order valence-corrected chi connectivity index (χ2v) is 5.92. The van der Waals surface area contributed by atoms with Gasteiger partial charge >= 0.3 is 0 Å². The number of carbonyl (C=O) groups excluding carboxylic acids is 1. The Kier molecular flexibility index (Phi) is 3.98. The van der Waals surface area contributed by atoms with Crippen LogP contribution >= 0.6 is 0 Å². The van der Waals surface area contributed by atoms with Crippen molar-refractivity contribution in [3.63, 3.8) is 0 Å². The molecule has 1 saturated heterocycles. The van der Waals surface area contributed by atoms with E-state index in [0.717, 1.165) is 17.3 Å². The van der Waals surface area contributed by atoms with Crippen LogP contribution in [-0.4, -0.2) is 41.1 Å². The van der Waals surface area contributed by atoms with Gasteiger partial charge in [0, 0.05) is 18.2 Å². The molecule has 1 aromatic carbocycles. The van der Waals surface area contributed by atoms with Crippen LogP contribution in [0.4, 0.5) is 0 Å². The number of amides is 1. The van der Waals surface area contributed by atoms with E-state index in [2.05, 4.69) is 4.98 Å². The normalized spacial score (nSPS) is 18.0. The van der Waals surface area contributed by atoms with E-state index in [-0.39, 0.29) is 29.1 Å². The summed E-state index contributed by atoms with van der Waals surface area (Å²) in [6, 6.07) is 9.21. The van der Waals surface area contributed by atoms with Crippen molar-refractivity contribution in [2.45, 2.75) is 32.4 Å². The van der Waals surface area contributed by atoms with Crippen LogP contribution in [0, 0.1) is 0 Å². The molecule has 116 valence electrons. The third-order valence-electron chi connectivity index (χ3n) is 4.07. The molecular formula is C17H20N2O3. The molecule has 0 spiro atoms. The van der Waals surface area contributed by atoms with Crippen molar-refractivity contribution < 1.29 is 9.53 Å². The molecule has 1 aromatic heterocycles. The molecule has 0 saturated carbocycles. The van der Waals surface area contributed by atoms with Gasteiger partial charge in [-0.2, -0.15) is 0 Å². The van der Waals surface area contributed by atoms with Crippen molar-refractivity contribution in [1.82, 2.24) is 9.88 Å². The summed E-state index contributed by atoms with van der Waals surface area (Å²) in [5, 5.41) is 0.858. The van der Waals surface area contributed by atoms with Crippen molar-refractivity contribution >= 4 is 16.8 Å². The van der Waals surface area contributed by atoms with Crippen LogP contribution in [0.2, 0.25) is 0 Å². The van der Waals surface area contributed by atoms with E-state index < -0.39 is 0 Å². The quantitative estimate of drug-likeness (QED) is 0.945. The summed E-state index contributed by atoms with van der Waals surface area (Å²) in [7, 11) is 0. The Balaban J connectivity index is 2.02. The van der Waals surface area contributed by atoms with E-state index in [1.54, 1.807) is 11.0 Å². The largest absolute Gasteiger partial charge is 0.379 e. The van der Waals surface area contributed by atoms with Gasteiger partial charge in [0.25, 0.3) is 11.5 Å². The summed E-state index contributed by atoms with van der Waals surface area (Å²) >= 11 is 0. The number of rotatable bonds is 3. The highest BCUT2D eigenvalue weighted by molar-refractivity contribution is 5.97. The average molecular weight is 300 g/mol. The average Bonchev–Trinajstić information content (AvgIpc) is 3.00. The van der Waals surface area contributed by atoms with Crippen LogP contribution in [0.25, 0.3) is 10.9 Å². The molecule has 1 aliphatic rings. The summed E-state index contributed by atoms with van der Waals surface area (Å²) in [5.74, 6) is -0.225. The van der Waals surface area contributed by atoms with Gasteiger partial charge in [0.05, 0.1) is 12.6 Å². The van der Waals surface area contributed by atoms with Gasteiger partial charge < -0.3 is 14.6 Å². The lowest BCUT2D eigenvalue weighted by Crippen LogP contribution is -2.46. The maximum Gasteiger partial charge on any atom is 0.261 e. The minimum absolute atomic E-state index is 0.0186. The Morgan fingerprint density at radius 1 is 1.36 bits per heavy atom. The number of benzene rings is 1. The summed E-state index contributed by atoms with van der Waals surface area (Å²) in [6.45, 7) is 5.13. The molecule has 0 aliphatic carbocycles. The summed E-state index contributed by atoms with van der Waals surface area (Å²) in [4.78, 5) is 29.7. The number of aromatic amines is 1. The number of H-pyrrole nitrogens is 1. The second kappa shape index (κ2) is 5.93. The molecule has 5 nitrogen and oxygen atoms in total. The first-order chi connectivity index (χ1) is 10.6. The third kappa shape index (κ3) is 2.64. The monoisotopic (exact) mass is 300 g/mol. The lowest BCUT2D eigenvalue weighted by molar-refractivity contribution is 0.0580.